The highest BCUT2D eigenvalue weighted by molar-refractivity contribution is 9.10. The van der Waals surface area contributed by atoms with Crippen LogP contribution in [0.15, 0.2) is 16.9 Å². The molecule has 0 bridgehead atoms. The largest absolute Gasteiger partial charge is 0.342 e. The molecule has 2 fully saturated rings. The van der Waals surface area contributed by atoms with Gasteiger partial charge in [0.1, 0.15) is 0 Å². The lowest BCUT2D eigenvalue weighted by atomic mass is 10.0. The van der Waals surface area contributed by atoms with Crippen LogP contribution in [0.3, 0.4) is 0 Å². The van der Waals surface area contributed by atoms with Gasteiger partial charge in [-0.3, -0.25) is 9.48 Å². The number of nitrogens with one attached hydrogen (secondary N) is 1. The first-order chi connectivity index (χ1) is 9.72. The lowest BCUT2D eigenvalue weighted by Gasteiger charge is -2.32. The van der Waals surface area contributed by atoms with Gasteiger partial charge >= 0.3 is 0 Å². The van der Waals surface area contributed by atoms with E-state index in [1.165, 1.54) is 6.42 Å². The van der Waals surface area contributed by atoms with Gasteiger partial charge in [0.2, 0.25) is 5.91 Å². The highest BCUT2D eigenvalue weighted by Crippen LogP contribution is 2.24. The Kier molecular flexibility index (Phi) is 4.41. The van der Waals surface area contributed by atoms with Gasteiger partial charge in [-0.15, -0.1) is 0 Å². The molecule has 0 saturated carbocycles. The van der Waals surface area contributed by atoms with E-state index in [0.717, 1.165) is 43.4 Å². The molecule has 0 aliphatic carbocycles. The molecule has 20 heavy (non-hydrogen) atoms. The second-order valence-electron chi connectivity index (χ2n) is 5.75. The molecule has 3 rings (SSSR count). The van der Waals surface area contributed by atoms with E-state index >= 15 is 0 Å². The molecule has 2 saturated heterocycles. The fourth-order valence-electron chi connectivity index (χ4n) is 3.17. The average molecular weight is 341 g/mol. The summed E-state index contributed by atoms with van der Waals surface area (Å²) in [7, 11) is 0. The molecule has 6 heteroatoms. The fraction of sp³-hybridized carbons (Fsp3) is 0.714. The van der Waals surface area contributed by atoms with Crippen LogP contribution in [0.4, 0.5) is 0 Å². The number of hydrogen-bond acceptors (Lipinski definition) is 3. The van der Waals surface area contributed by atoms with Crippen molar-refractivity contribution in [2.24, 2.45) is 0 Å². The minimum atomic E-state index is 0.310. The first-order valence-electron chi connectivity index (χ1n) is 7.43. The third kappa shape index (κ3) is 3.23. The predicted octanol–water partition coefficient (Wildman–Crippen LogP) is 1.95. The van der Waals surface area contributed by atoms with Crippen molar-refractivity contribution in [1.82, 2.24) is 20.0 Å². The van der Waals surface area contributed by atoms with Gasteiger partial charge in [-0.1, -0.05) is 0 Å². The van der Waals surface area contributed by atoms with E-state index in [0.29, 0.717) is 24.4 Å². The number of piperidine rings is 1. The Morgan fingerprint density at radius 3 is 2.80 bits per heavy atom. The van der Waals surface area contributed by atoms with Gasteiger partial charge in [0, 0.05) is 31.7 Å². The second kappa shape index (κ2) is 6.26. The summed E-state index contributed by atoms with van der Waals surface area (Å²) in [5, 5.41) is 7.75. The van der Waals surface area contributed by atoms with Crippen molar-refractivity contribution in [3.63, 3.8) is 0 Å². The first-order valence-corrected chi connectivity index (χ1v) is 8.22. The molecule has 2 aliphatic rings. The number of nitrogens with zero attached hydrogens (tertiary/aromatic N) is 3. The number of aromatic nitrogens is 2. The van der Waals surface area contributed by atoms with Crippen LogP contribution in [-0.4, -0.2) is 46.3 Å². The zero-order chi connectivity index (χ0) is 13.9. The Hall–Kier alpha value is -0.880. The smallest absolute Gasteiger partial charge is 0.224 e. The summed E-state index contributed by atoms with van der Waals surface area (Å²) in [6.45, 7) is 2.77. The highest BCUT2D eigenvalue weighted by atomic mass is 79.9. The first kappa shape index (κ1) is 14.1. The molecule has 0 radical (unpaired) electrons. The molecule has 3 heterocycles. The molecule has 1 N–H and O–H groups in total. The molecule has 1 unspecified atom stereocenters. The standard InChI is InChI=1S/C14H21BrN4O/c15-11-9-17-19(10-11)13-3-6-18(7-4-13)14(20)8-12-2-1-5-16-12/h9-10,12-13,16H,1-8H2. The van der Waals surface area contributed by atoms with E-state index in [9.17, 15) is 4.79 Å². The normalized spacial score (nSPS) is 24.2. The average Bonchev–Trinajstić information content (AvgIpc) is 3.10. The van der Waals surface area contributed by atoms with Crippen LogP contribution in [0, 0.1) is 0 Å². The third-order valence-electron chi connectivity index (χ3n) is 4.34. The maximum absolute atomic E-state index is 12.3. The summed E-state index contributed by atoms with van der Waals surface area (Å²) in [6, 6.07) is 0.831. The molecule has 0 aromatic carbocycles. The van der Waals surface area contributed by atoms with Crippen molar-refractivity contribution >= 4 is 21.8 Å². The van der Waals surface area contributed by atoms with Gasteiger partial charge in [-0.05, 0) is 48.2 Å². The van der Waals surface area contributed by atoms with E-state index in [-0.39, 0.29) is 0 Å². The van der Waals surface area contributed by atoms with Crippen molar-refractivity contribution < 1.29 is 4.79 Å². The molecule has 1 amide bonds. The molecule has 2 aliphatic heterocycles. The maximum atomic E-state index is 12.3. The van der Waals surface area contributed by atoms with Crippen LogP contribution in [0.2, 0.25) is 0 Å². The molecular weight excluding hydrogens is 320 g/mol. The molecule has 1 atom stereocenters. The van der Waals surface area contributed by atoms with Gasteiger partial charge in [0.05, 0.1) is 16.7 Å². The van der Waals surface area contributed by atoms with Crippen molar-refractivity contribution in [2.75, 3.05) is 19.6 Å². The number of likely N-dealkylation sites (tertiary alicyclic amines) is 1. The quantitative estimate of drug-likeness (QED) is 0.914. The van der Waals surface area contributed by atoms with Crippen LogP contribution < -0.4 is 5.32 Å². The van der Waals surface area contributed by atoms with Gasteiger partial charge in [0.15, 0.2) is 0 Å². The molecule has 0 spiro atoms. The minimum absolute atomic E-state index is 0.310. The topological polar surface area (TPSA) is 50.2 Å². The van der Waals surface area contributed by atoms with Crippen LogP contribution in [-0.2, 0) is 4.79 Å². The summed E-state index contributed by atoms with van der Waals surface area (Å²) in [5.41, 5.74) is 0. The molecule has 110 valence electrons. The van der Waals surface area contributed by atoms with Gasteiger partial charge in [-0.2, -0.15) is 5.10 Å². The molecular formula is C14H21BrN4O. The Bertz CT molecular complexity index is 461. The molecule has 1 aromatic rings. The second-order valence-corrected chi connectivity index (χ2v) is 6.66. The predicted molar refractivity (Wildman–Crippen MR) is 80.4 cm³/mol. The van der Waals surface area contributed by atoms with E-state index in [1.807, 2.05) is 22.0 Å². The van der Waals surface area contributed by atoms with Crippen LogP contribution in [0.1, 0.15) is 38.1 Å². The van der Waals surface area contributed by atoms with Crippen molar-refractivity contribution in [2.45, 2.75) is 44.2 Å². The Balaban J connectivity index is 1.49. The monoisotopic (exact) mass is 340 g/mol. The summed E-state index contributed by atoms with van der Waals surface area (Å²) in [6.07, 6.45) is 8.85. The zero-order valence-corrected chi connectivity index (χ0v) is 13.2. The summed E-state index contributed by atoms with van der Waals surface area (Å²) >= 11 is 3.43. The Morgan fingerprint density at radius 1 is 1.40 bits per heavy atom. The fourth-order valence-corrected chi connectivity index (χ4v) is 3.47. The van der Waals surface area contributed by atoms with Crippen molar-refractivity contribution in [1.29, 1.82) is 0 Å². The number of rotatable bonds is 3. The van der Waals surface area contributed by atoms with Crippen LogP contribution in [0.25, 0.3) is 0 Å². The number of carbonyl (C=O) groups excluding carboxylic acids is 1. The molecule has 1 aromatic heterocycles. The van der Waals surface area contributed by atoms with Gasteiger partial charge in [-0.25, -0.2) is 0 Å². The Morgan fingerprint density at radius 2 is 2.20 bits per heavy atom. The third-order valence-corrected chi connectivity index (χ3v) is 4.75. The van der Waals surface area contributed by atoms with Crippen molar-refractivity contribution in [3.05, 3.63) is 16.9 Å². The number of amides is 1. The SMILES string of the molecule is O=C(CC1CCCN1)N1CCC(n2cc(Br)cn2)CC1. The maximum Gasteiger partial charge on any atom is 0.224 e. The number of carbonyl (C=O) groups is 1. The van der Waals surface area contributed by atoms with E-state index < -0.39 is 0 Å². The van der Waals surface area contributed by atoms with E-state index in [1.54, 1.807) is 0 Å². The van der Waals surface area contributed by atoms with Crippen LogP contribution >= 0.6 is 15.9 Å². The summed E-state index contributed by atoms with van der Waals surface area (Å²) in [4.78, 5) is 14.3. The van der Waals surface area contributed by atoms with E-state index in [2.05, 4.69) is 26.3 Å². The number of hydrogen-bond donors (Lipinski definition) is 1. The minimum Gasteiger partial charge on any atom is -0.342 e. The van der Waals surface area contributed by atoms with E-state index in [4.69, 9.17) is 0 Å². The van der Waals surface area contributed by atoms with Crippen molar-refractivity contribution in [3.8, 4) is 0 Å². The Labute approximate surface area is 127 Å². The van der Waals surface area contributed by atoms with Gasteiger partial charge < -0.3 is 10.2 Å². The lowest BCUT2D eigenvalue weighted by molar-refractivity contribution is -0.133. The number of halogens is 1. The lowest BCUT2D eigenvalue weighted by Crippen LogP contribution is -2.41. The van der Waals surface area contributed by atoms with Gasteiger partial charge in [0.25, 0.3) is 0 Å². The van der Waals surface area contributed by atoms with Crippen LogP contribution in [0.5, 0.6) is 0 Å². The summed E-state index contributed by atoms with van der Waals surface area (Å²) < 4.78 is 3.04. The highest BCUT2D eigenvalue weighted by Gasteiger charge is 2.26. The zero-order valence-electron chi connectivity index (χ0n) is 11.6. The molecule has 5 nitrogen and oxygen atoms in total. The summed E-state index contributed by atoms with van der Waals surface area (Å²) in [5.74, 6) is 0.310.